The fourth-order valence-corrected chi connectivity index (χ4v) is 2.58. The Morgan fingerprint density at radius 3 is 2.75 bits per heavy atom. The summed E-state index contributed by atoms with van der Waals surface area (Å²) in [4.78, 5) is 1.34. The zero-order chi connectivity index (χ0) is 8.44. The molecule has 1 aliphatic rings. The molecule has 0 radical (unpaired) electrons. The van der Waals surface area contributed by atoms with Gasteiger partial charge in [-0.25, -0.2) is 0 Å². The minimum absolute atomic E-state index is 0.0422. The Morgan fingerprint density at radius 1 is 1.42 bits per heavy atom. The van der Waals surface area contributed by atoms with Crippen LogP contribution in [0.25, 0.3) is 0 Å². The maximum absolute atomic E-state index is 6.30. The van der Waals surface area contributed by atoms with E-state index in [2.05, 4.69) is 22.8 Å². The molecule has 2 nitrogen and oxygen atoms in total. The third-order valence-corrected chi connectivity index (χ3v) is 3.60. The molecule has 3 heteroatoms. The summed E-state index contributed by atoms with van der Waals surface area (Å²) in [6.45, 7) is 2.10. The topological polar surface area (TPSA) is 38.0 Å². The molecule has 2 heterocycles. The Labute approximate surface area is 76.8 Å². The van der Waals surface area contributed by atoms with Crippen LogP contribution in [-0.2, 0) is 5.54 Å². The summed E-state index contributed by atoms with van der Waals surface area (Å²) in [5.41, 5.74) is 6.25. The second-order valence-corrected chi connectivity index (χ2v) is 4.33. The van der Waals surface area contributed by atoms with Gasteiger partial charge in [-0.1, -0.05) is 6.07 Å². The molecule has 0 unspecified atom stereocenters. The molecule has 1 aromatic heterocycles. The molecular weight excluding hydrogens is 168 g/mol. The van der Waals surface area contributed by atoms with Gasteiger partial charge in [0.05, 0.1) is 5.54 Å². The standard InChI is InChI=1S/C9H14N2S/c10-9(3-5-11-6-4-9)8-2-1-7-12-8/h1-2,7,11H,3-6,10H2. The fraction of sp³-hybridized carbons (Fsp3) is 0.556. The van der Waals surface area contributed by atoms with Gasteiger partial charge in [-0.2, -0.15) is 0 Å². The van der Waals surface area contributed by atoms with Crippen molar-refractivity contribution in [3.8, 4) is 0 Å². The van der Waals surface area contributed by atoms with Crippen molar-refractivity contribution in [3.05, 3.63) is 22.4 Å². The second-order valence-electron chi connectivity index (χ2n) is 3.38. The molecule has 1 aliphatic heterocycles. The van der Waals surface area contributed by atoms with Gasteiger partial charge in [0.1, 0.15) is 0 Å². The predicted octanol–water partition coefficient (Wildman–Crippen LogP) is 1.29. The van der Waals surface area contributed by atoms with Crippen molar-refractivity contribution >= 4 is 11.3 Å². The van der Waals surface area contributed by atoms with Crippen LogP contribution in [0.5, 0.6) is 0 Å². The van der Waals surface area contributed by atoms with Gasteiger partial charge in [-0.3, -0.25) is 0 Å². The number of nitrogens with one attached hydrogen (secondary N) is 1. The molecule has 0 bridgehead atoms. The summed E-state index contributed by atoms with van der Waals surface area (Å²) < 4.78 is 0. The molecule has 0 aliphatic carbocycles. The Morgan fingerprint density at radius 2 is 2.17 bits per heavy atom. The molecule has 3 N–H and O–H groups in total. The number of piperidine rings is 1. The highest BCUT2D eigenvalue weighted by Crippen LogP contribution is 2.30. The summed E-state index contributed by atoms with van der Waals surface area (Å²) in [5.74, 6) is 0. The molecule has 0 saturated carbocycles. The lowest BCUT2D eigenvalue weighted by molar-refractivity contribution is 0.323. The lowest BCUT2D eigenvalue weighted by Gasteiger charge is -2.32. The number of thiophene rings is 1. The van der Waals surface area contributed by atoms with Crippen molar-refractivity contribution in [3.63, 3.8) is 0 Å². The van der Waals surface area contributed by atoms with Gasteiger partial charge in [-0.15, -0.1) is 11.3 Å². The maximum atomic E-state index is 6.30. The van der Waals surface area contributed by atoms with Gasteiger partial charge >= 0.3 is 0 Å². The molecule has 1 fully saturated rings. The van der Waals surface area contributed by atoms with Crippen LogP contribution in [0.15, 0.2) is 17.5 Å². The van der Waals surface area contributed by atoms with Crippen LogP contribution >= 0.6 is 11.3 Å². The number of hydrogen-bond acceptors (Lipinski definition) is 3. The Kier molecular flexibility index (Phi) is 2.17. The fourth-order valence-electron chi connectivity index (χ4n) is 1.68. The minimum atomic E-state index is -0.0422. The lowest BCUT2D eigenvalue weighted by Crippen LogP contribution is -2.45. The molecule has 2 rings (SSSR count). The Bertz CT molecular complexity index is 237. The first-order valence-corrected chi connectivity index (χ1v) is 5.23. The van der Waals surface area contributed by atoms with E-state index < -0.39 is 0 Å². The van der Waals surface area contributed by atoms with Crippen molar-refractivity contribution < 1.29 is 0 Å². The number of hydrogen-bond donors (Lipinski definition) is 2. The normalized spacial score (nSPS) is 22.4. The Hall–Kier alpha value is -0.380. The van der Waals surface area contributed by atoms with Gasteiger partial charge < -0.3 is 11.1 Å². The summed E-state index contributed by atoms with van der Waals surface area (Å²) in [7, 11) is 0. The van der Waals surface area contributed by atoms with Crippen LogP contribution in [0.3, 0.4) is 0 Å². The summed E-state index contributed by atoms with van der Waals surface area (Å²) in [6, 6.07) is 4.23. The van der Waals surface area contributed by atoms with E-state index in [1.165, 1.54) is 4.88 Å². The van der Waals surface area contributed by atoms with Crippen molar-refractivity contribution in [2.75, 3.05) is 13.1 Å². The second kappa shape index (κ2) is 3.17. The van der Waals surface area contributed by atoms with E-state index in [1.807, 2.05) is 0 Å². The summed E-state index contributed by atoms with van der Waals surface area (Å²) >= 11 is 1.78. The molecule has 0 aromatic carbocycles. The average Bonchev–Trinajstić information content (AvgIpc) is 2.58. The highest BCUT2D eigenvalue weighted by atomic mass is 32.1. The van der Waals surface area contributed by atoms with Crippen LogP contribution in [0.4, 0.5) is 0 Å². The Balaban J connectivity index is 2.19. The molecule has 0 amide bonds. The zero-order valence-electron chi connectivity index (χ0n) is 7.05. The molecule has 66 valence electrons. The van der Waals surface area contributed by atoms with Crippen LogP contribution in [0.2, 0.25) is 0 Å². The van der Waals surface area contributed by atoms with Gasteiger partial charge in [0.2, 0.25) is 0 Å². The number of nitrogens with two attached hydrogens (primary N) is 1. The molecule has 0 spiro atoms. The first kappa shape index (κ1) is 8.23. The lowest BCUT2D eigenvalue weighted by atomic mass is 9.88. The molecule has 12 heavy (non-hydrogen) atoms. The first-order chi connectivity index (χ1) is 5.81. The van der Waals surface area contributed by atoms with E-state index >= 15 is 0 Å². The van der Waals surface area contributed by atoms with Crippen molar-refractivity contribution in [1.82, 2.24) is 5.32 Å². The molecule has 0 atom stereocenters. The summed E-state index contributed by atoms with van der Waals surface area (Å²) in [6.07, 6.45) is 2.13. The third-order valence-electron chi connectivity index (χ3n) is 2.51. The predicted molar refractivity (Wildman–Crippen MR) is 52.3 cm³/mol. The monoisotopic (exact) mass is 182 g/mol. The minimum Gasteiger partial charge on any atom is -0.321 e. The molecule has 1 aromatic rings. The maximum Gasteiger partial charge on any atom is 0.0528 e. The summed E-state index contributed by atoms with van der Waals surface area (Å²) in [5, 5.41) is 5.43. The third kappa shape index (κ3) is 1.40. The van der Waals surface area contributed by atoms with E-state index in [4.69, 9.17) is 5.73 Å². The van der Waals surface area contributed by atoms with E-state index in [0.717, 1.165) is 25.9 Å². The van der Waals surface area contributed by atoms with E-state index in [9.17, 15) is 0 Å². The SMILES string of the molecule is NC1(c2cccs2)CCNCC1. The first-order valence-electron chi connectivity index (χ1n) is 4.35. The van der Waals surface area contributed by atoms with Crippen molar-refractivity contribution in [1.29, 1.82) is 0 Å². The largest absolute Gasteiger partial charge is 0.321 e. The van der Waals surface area contributed by atoms with Crippen LogP contribution in [-0.4, -0.2) is 13.1 Å². The molecular formula is C9H14N2S. The van der Waals surface area contributed by atoms with Crippen molar-refractivity contribution in [2.24, 2.45) is 5.73 Å². The van der Waals surface area contributed by atoms with Crippen LogP contribution < -0.4 is 11.1 Å². The van der Waals surface area contributed by atoms with Crippen LogP contribution in [0, 0.1) is 0 Å². The van der Waals surface area contributed by atoms with Crippen LogP contribution in [0.1, 0.15) is 17.7 Å². The van der Waals surface area contributed by atoms with Gasteiger partial charge in [0, 0.05) is 4.88 Å². The van der Waals surface area contributed by atoms with E-state index in [0.29, 0.717) is 0 Å². The van der Waals surface area contributed by atoms with Gasteiger partial charge in [0.15, 0.2) is 0 Å². The molecule has 1 saturated heterocycles. The highest BCUT2D eigenvalue weighted by Gasteiger charge is 2.29. The number of rotatable bonds is 1. The quantitative estimate of drug-likeness (QED) is 0.686. The smallest absolute Gasteiger partial charge is 0.0528 e. The van der Waals surface area contributed by atoms with E-state index in [-0.39, 0.29) is 5.54 Å². The van der Waals surface area contributed by atoms with E-state index in [1.54, 1.807) is 11.3 Å². The van der Waals surface area contributed by atoms with Crippen molar-refractivity contribution in [2.45, 2.75) is 18.4 Å². The van der Waals surface area contributed by atoms with Gasteiger partial charge in [0.25, 0.3) is 0 Å². The highest BCUT2D eigenvalue weighted by molar-refractivity contribution is 7.10. The average molecular weight is 182 g/mol. The zero-order valence-corrected chi connectivity index (χ0v) is 7.86. The van der Waals surface area contributed by atoms with Gasteiger partial charge in [-0.05, 0) is 37.4 Å².